The van der Waals surface area contributed by atoms with E-state index in [-0.39, 0.29) is 22.6 Å². The van der Waals surface area contributed by atoms with Gasteiger partial charge in [-0.05, 0) is 18.2 Å². The SMILES string of the molecule is CC1CN(c2cccc(C(F)(F)F)c2)C(=NC(=O)C(F)C(F)(F)F)S1. The highest BCUT2D eigenvalue weighted by Gasteiger charge is 2.46. The molecule has 2 unspecified atom stereocenters. The quantitative estimate of drug-likeness (QED) is 0.703. The fraction of sp³-hybridized carbons (Fsp3) is 0.429. The summed E-state index contributed by atoms with van der Waals surface area (Å²) in [5.74, 6) is -2.04. The molecule has 2 atom stereocenters. The molecule has 3 nitrogen and oxygen atoms in total. The number of thioether (sulfide) groups is 1. The maximum Gasteiger partial charge on any atom is 0.428 e. The van der Waals surface area contributed by atoms with E-state index in [1.807, 2.05) is 0 Å². The van der Waals surface area contributed by atoms with Gasteiger partial charge in [-0.2, -0.15) is 31.3 Å². The number of hydrogen-bond acceptors (Lipinski definition) is 2. The highest BCUT2D eigenvalue weighted by molar-refractivity contribution is 8.15. The zero-order chi connectivity index (χ0) is 19.0. The predicted octanol–water partition coefficient (Wildman–Crippen LogP) is 4.43. The van der Waals surface area contributed by atoms with Crippen molar-refractivity contribution in [2.75, 3.05) is 11.4 Å². The molecule has 1 saturated heterocycles. The second-order valence-corrected chi connectivity index (χ2v) is 6.63. The number of rotatable bonds is 2. The van der Waals surface area contributed by atoms with Crippen LogP contribution in [0.1, 0.15) is 12.5 Å². The third kappa shape index (κ3) is 4.65. The molecule has 0 radical (unpaired) electrons. The Kier molecular flexibility index (Phi) is 5.35. The molecular weight excluding hydrogens is 377 g/mol. The summed E-state index contributed by atoms with van der Waals surface area (Å²) in [7, 11) is 0. The van der Waals surface area contributed by atoms with Crippen molar-refractivity contribution in [3.8, 4) is 0 Å². The summed E-state index contributed by atoms with van der Waals surface area (Å²) in [5.41, 5.74) is -0.959. The number of carbonyl (C=O) groups is 1. The summed E-state index contributed by atoms with van der Waals surface area (Å²) in [5, 5.41) is -0.534. The van der Waals surface area contributed by atoms with E-state index in [0.717, 1.165) is 34.9 Å². The van der Waals surface area contributed by atoms with Gasteiger partial charge in [0.25, 0.3) is 12.1 Å². The third-order valence-electron chi connectivity index (χ3n) is 3.17. The van der Waals surface area contributed by atoms with Crippen LogP contribution in [0.5, 0.6) is 0 Å². The Morgan fingerprint density at radius 1 is 1.28 bits per heavy atom. The molecule has 1 aromatic rings. The molecule has 1 fully saturated rings. The first-order valence-corrected chi connectivity index (χ1v) is 7.72. The topological polar surface area (TPSA) is 32.7 Å². The minimum atomic E-state index is -5.39. The van der Waals surface area contributed by atoms with Crippen LogP contribution >= 0.6 is 11.8 Å². The molecule has 25 heavy (non-hydrogen) atoms. The third-order valence-corrected chi connectivity index (χ3v) is 4.25. The summed E-state index contributed by atoms with van der Waals surface area (Å²) in [6.07, 6.45) is -13.8. The van der Waals surface area contributed by atoms with Crippen LogP contribution < -0.4 is 4.90 Å². The van der Waals surface area contributed by atoms with E-state index < -0.39 is 30.0 Å². The van der Waals surface area contributed by atoms with E-state index in [9.17, 15) is 35.5 Å². The van der Waals surface area contributed by atoms with Crippen molar-refractivity contribution in [1.29, 1.82) is 0 Å². The fourth-order valence-electron chi connectivity index (χ4n) is 2.06. The molecule has 0 aromatic heterocycles. The van der Waals surface area contributed by atoms with Crippen molar-refractivity contribution in [2.24, 2.45) is 4.99 Å². The van der Waals surface area contributed by atoms with E-state index in [1.54, 1.807) is 6.92 Å². The Hall–Kier alpha value is -1.78. The normalized spacial score (nSPS) is 21.7. The standard InChI is InChI=1S/C14H11F7N2OS/c1-7-6-23(9-4-2-3-8(5-9)13(16,17)18)12(25-7)22-11(24)10(15)14(19,20)21/h2-5,7,10H,6H2,1H3. The van der Waals surface area contributed by atoms with Crippen molar-refractivity contribution in [3.63, 3.8) is 0 Å². The molecule has 11 heteroatoms. The lowest BCUT2D eigenvalue weighted by atomic mass is 10.2. The van der Waals surface area contributed by atoms with Gasteiger partial charge in [0.05, 0.1) is 5.56 Å². The summed E-state index contributed by atoms with van der Waals surface area (Å²) >= 11 is 0.878. The van der Waals surface area contributed by atoms with Gasteiger partial charge in [-0.3, -0.25) is 4.79 Å². The Labute approximate surface area is 141 Å². The highest BCUT2D eigenvalue weighted by atomic mass is 32.2. The summed E-state index contributed by atoms with van der Waals surface area (Å²) in [6.45, 7) is 1.76. The molecule has 0 spiro atoms. The number of benzene rings is 1. The molecule has 1 aliphatic rings. The van der Waals surface area contributed by atoms with E-state index in [0.29, 0.717) is 0 Å². The van der Waals surface area contributed by atoms with Crippen LogP contribution in [0, 0.1) is 0 Å². The molecule has 1 aliphatic heterocycles. The van der Waals surface area contributed by atoms with Crippen LogP contribution in [0.3, 0.4) is 0 Å². The molecule has 0 saturated carbocycles. The summed E-state index contributed by atoms with van der Waals surface area (Å²) < 4.78 is 88.2. The monoisotopic (exact) mass is 388 g/mol. The predicted molar refractivity (Wildman–Crippen MR) is 79.2 cm³/mol. The molecular formula is C14H11F7N2OS. The molecule has 0 N–H and O–H groups in total. The molecule has 0 bridgehead atoms. The van der Waals surface area contributed by atoms with Crippen molar-refractivity contribution < 1.29 is 35.5 Å². The Bertz CT molecular complexity index is 686. The van der Waals surface area contributed by atoms with Gasteiger partial charge >= 0.3 is 12.4 Å². The van der Waals surface area contributed by atoms with Gasteiger partial charge in [0.15, 0.2) is 5.17 Å². The zero-order valence-electron chi connectivity index (χ0n) is 12.5. The average molecular weight is 388 g/mol. The second kappa shape index (κ2) is 6.85. The number of nitrogens with zero attached hydrogens (tertiary/aromatic N) is 2. The summed E-state index contributed by atoms with van der Waals surface area (Å²) in [4.78, 5) is 15.6. The first kappa shape index (κ1) is 19.5. The minimum Gasteiger partial charge on any atom is -0.320 e. The van der Waals surface area contributed by atoms with Crippen molar-refractivity contribution in [3.05, 3.63) is 29.8 Å². The molecule has 1 heterocycles. The lowest BCUT2D eigenvalue weighted by molar-refractivity contribution is -0.184. The van der Waals surface area contributed by atoms with Crippen molar-refractivity contribution >= 4 is 28.5 Å². The largest absolute Gasteiger partial charge is 0.428 e. The maximum atomic E-state index is 13.0. The van der Waals surface area contributed by atoms with E-state index in [2.05, 4.69) is 4.99 Å². The number of hydrogen-bond donors (Lipinski definition) is 0. The van der Waals surface area contributed by atoms with Crippen LogP contribution in [0.4, 0.5) is 36.4 Å². The first-order valence-electron chi connectivity index (χ1n) is 6.84. The van der Waals surface area contributed by atoms with Gasteiger partial charge in [0.1, 0.15) is 0 Å². The molecule has 0 aliphatic carbocycles. The van der Waals surface area contributed by atoms with Gasteiger partial charge in [0, 0.05) is 17.5 Å². The smallest absolute Gasteiger partial charge is 0.320 e. The van der Waals surface area contributed by atoms with Crippen LogP contribution in [-0.2, 0) is 11.0 Å². The highest BCUT2D eigenvalue weighted by Crippen LogP contribution is 2.35. The van der Waals surface area contributed by atoms with Gasteiger partial charge in [0.2, 0.25) is 0 Å². The molecule has 1 amide bonds. The second-order valence-electron chi connectivity index (χ2n) is 5.22. The van der Waals surface area contributed by atoms with Gasteiger partial charge < -0.3 is 4.90 Å². The van der Waals surface area contributed by atoms with E-state index in [4.69, 9.17) is 0 Å². The number of halogens is 7. The number of alkyl halides is 7. The van der Waals surface area contributed by atoms with E-state index >= 15 is 0 Å². The lowest BCUT2D eigenvalue weighted by Gasteiger charge is -2.19. The molecule has 2 rings (SSSR count). The Balaban J connectivity index is 2.34. The van der Waals surface area contributed by atoms with Gasteiger partial charge in [-0.25, -0.2) is 4.39 Å². The number of carbonyl (C=O) groups excluding carboxylic acids is 1. The minimum absolute atomic E-state index is 0.000594. The fourth-order valence-corrected chi connectivity index (χ4v) is 3.09. The lowest BCUT2D eigenvalue weighted by Crippen LogP contribution is -2.33. The number of anilines is 1. The van der Waals surface area contributed by atoms with E-state index in [1.165, 1.54) is 6.07 Å². The molecule has 1 aromatic carbocycles. The van der Waals surface area contributed by atoms with Crippen molar-refractivity contribution in [1.82, 2.24) is 0 Å². The summed E-state index contributed by atoms with van der Waals surface area (Å²) in [6, 6.07) is 4.04. The van der Waals surface area contributed by atoms with Crippen molar-refractivity contribution in [2.45, 2.75) is 30.7 Å². The van der Waals surface area contributed by atoms with Gasteiger partial charge in [-0.15, -0.1) is 0 Å². The zero-order valence-corrected chi connectivity index (χ0v) is 13.3. The number of amidine groups is 1. The number of amides is 1. The van der Waals surface area contributed by atoms with Crippen LogP contribution in [0.15, 0.2) is 29.3 Å². The molecule has 138 valence electrons. The first-order chi connectivity index (χ1) is 11.4. The van der Waals surface area contributed by atoms with Crippen LogP contribution in [0.2, 0.25) is 0 Å². The van der Waals surface area contributed by atoms with Crippen LogP contribution in [0.25, 0.3) is 0 Å². The Morgan fingerprint density at radius 3 is 2.48 bits per heavy atom. The van der Waals surface area contributed by atoms with Crippen LogP contribution in [-0.4, -0.2) is 35.2 Å². The maximum absolute atomic E-state index is 13.0. The number of aliphatic imine (C=N–C) groups is 1. The van der Waals surface area contributed by atoms with Gasteiger partial charge in [-0.1, -0.05) is 24.8 Å². The average Bonchev–Trinajstić information content (AvgIpc) is 2.85. The Morgan fingerprint density at radius 2 is 1.92 bits per heavy atom.